The van der Waals surface area contributed by atoms with Gasteiger partial charge in [-0.15, -0.1) is 54.1 Å². The van der Waals surface area contributed by atoms with Crippen molar-refractivity contribution in [2.24, 2.45) is 0 Å². The molecule has 0 atom stereocenters. The first-order chi connectivity index (χ1) is 22.9. The van der Waals surface area contributed by atoms with E-state index < -0.39 is 0 Å². The standard InChI is InChI=1S/C30H25N2O.C13H12N.Ir/c1-4-20-11-9-13-21(19(2)3)28(20)32-26-17-7-6-16-25(26)31-30(32)24-15-10-14-23-22-12-5-8-18-27(22)33-29(23)24;1-10-8-13(14-9-11(10)2)12-6-4-3-5-7-12;/h5-14,16-19H,4H2,1-3H3;3-6,8-9H,1-2H3;/q2*-1;. The van der Waals surface area contributed by atoms with Crippen molar-refractivity contribution in [1.82, 2.24) is 14.5 Å². The fourth-order valence-corrected chi connectivity index (χ4v) is 6.24. The summed E-state index contributed by atoms with van der Waals surface area (Å²) < 4.78 is 8.70. The summed E-state index contributed by atoms with van der Waals surface area (Å²) in [6, 6.07) is 43.9. The Hall–Kier alpha value is -4.83. The maximum absolute atomic E-state index is 6.37. The van der Waals surface area contributed by atoms with Crippen LogP contribution < -0.4 is 0 Å². The Labute approximate surface area is 295 Å². The molecule has 0 N–H and O–H groups in total. The van der Waals surface area contributed by atoms with Crippen LogP contribution in [0.2, 0.25) is 0 Å². The quantitative estimate of drug-likeness (QED) is 0.163. The second-order valence-electron chi connectivity index (χ2n) is 12.2. The first kappa shape index (κ1) is 33.1. The van der Waals surface area contributed by atoms with E-state index in [4.69, 9.17) is 9.40 Å². The summed E-state index contributed by atoms with van der Waals surface area (Å²) in [5.41, 5.74) is 13.1. The third kappa shape index (κ3) is 6.12. The third-order valence-corrected chi connectivity index (χ3v) is 8.86. The summed E-state index contributed by atoms with van der Waals surface area (Å²) in [7, 11) is 0. The van der Waals surface area contributed by atoms with Crippen LogP contribution in [0.3, 0.4) is 0 Å². The van der Waals surface area contributed by atoms with E-state index in [-0.39, 0.29) is 20.1 Å². The zero-order valence-electron chi connectivity index (χ0n) is 27.8. The monoisotopic (exact) mass is 804 g/mol. The second-order valence-corrected chi connectivity index (χ2v) is 12.2. The number of fused-ring (bicyclic) bond motifs is 4. The minimum Gasteiger partial charge on any atom is -0.501 e. The molecule has 0 unspecified atom stereocenters. The molecule has 1 radical (unpaired) electrons. The van der Waals surface area contributed by atoms with Crippen LogP contribution in [-0.4, -0.2) is 14.5 Å². The molecule has 0 amide bonds. The fraction of sp³-hybridized carbons (Fsp3) is 0.163. The Bertz CT molecular complexity index is 2350. The van der Waals surface area contributed by atoms with Gasteiger partial charge in [0.2, 0.25) is 0 Å². The Morgan fingerprint density at radius 1 is 0.792 bits per heavy atom. The van der Waals surface area contributed by atoms with Crippen LogP contribution >= 0.6 is 0 Å². The van der Waals surface area contributed by atoms with Crippen molar-refractivity contribution in [3.05, 3.63) is 150 Å². The maximum atomic E-state index is 6.37. The van der Waals surface area contributed by atoms with Crippen LogP contribution in [0, 0.1) is 26.0 Å². The topological polar surface area (TPSA) is 43.9 Å². The van der Waals surface area contributed by atoms with Crippen LogP contribution in [0.1, 0.15) is 48.9 Å². The molecule has 5 heteroatoms. The van der Waals surface area contributed by atoms with Crippen molar-refractivity contribution in [1.29, 1.82) is 0 Å². The van der Waals surface area contributed by atoms with Crippen molar-refractivity contribution < 1.29 is 24.5 Å². The van der Waals surface area contributed by atoms with Crippen molar-refractivity contribution >= 4 is 33.0 Å². The van der Waals surface area contributed by atoms with E-state index in [9.17, 15) is 0 Å². The molecule has 5 aromatic carbocycles. The summed E-state index contributed by atoms with van der Waals surface area (Å²) in [5, 5.41) is 2.20. The number of imidazole rings is 1. The van der Waals surface area contributed by atoms with E-state index in [0.717, 1.165) is 62.0 Å². The Kier molecular flexibility index (Phi) is 9.73. The van der Waals surface area contributed by atoms with E-state index in [0.29, 0.717) is 5.92 Å². The number of pyridine rings is 1. The third-order valence-electron chi connectivity index (χ3n) is 8.86. The molecule has 3 heterocycles. The Morgan fingerprint density at radius 3 is 2.35 bits per heavy atom. The van der Waals surface area contributed by atoms with E-state index in [1.807, 2.05) is 54.7 Å². The molecule has 0 aliphatic heterocycles. The van der Waals surface area contributed by atoms with Crippen molar-refractivity contribution in [2.45, 2.75) is 47.0 Å². The van der Waals surface area contributed by atoms with E-state index in [1.165, 1.54) is 27.9 Å². The van der Waals surface area contributed by atoms with Gasteiger partial charge in [0.1, 0.15) is 5.58 Å². The van der Waals surface area contributed by atoms with Gasteiger partial charge >= 0.3 is 0 Å². The second kappa shape index (κ2) is 14.1. The van der Waals surface area contributed by atoms with Gasteiger partial charge in [0.15, 0.2) is 0 Å². The number of rotatable bonds is 5. The average molecular weight is 804 g/mol. The molecule has 48 heavy (non-hydrogen) atoms. The van der Waals surface area contributed by atoms with E-state index >= 15 is 0 Å². The minimum absolute atomic E-state index is 0. The fourth-order valence-electron chi connectivity index (χ4n) is 6.24. The van der Waals surface area contributed by atoms with Gasteiger partial charge in [-0.1, -0.05) is 91.9 Å². The Balaban J connectivity index is 0.000000225. The molecule has 0 aliphatic rings. The molecule has 3 aromatic heterocycles. The number of nitrogens with zero attached hydrogens (tertiary/aromatic N) is 3. The summed E-state index contributed by atoms with van der Waals surface area (Å²) in [5.74, 6) is 1.25. The van der Waals surface area contributed by atoms with Gasteiger partial charge in [0, 0.05) is 37.4 Å². The molecule has 0 saturated carbocycles. The maximum Gasteiger partial charge on any atom is 0.120 e. The first-order valence-corrected chi connectivity index (χ1v) is 16.3. The van der Waals surface area contributed by atoms with E-state index in [1.54, 1.807) is 0 Å². The molecule has 241 valence electrons. The molecule has 0 fully saturated rings. The molecule has 0 bridgehead atoms. The van der Waals surface area contributed by atoms with Gasteiger partial charge in [-0.3, -0.25) is 4.98 Å². The van der Waals surface area contributed by atoms with Crippen LogP contribution in [-0.2, 0) is 26.5 Å². The van der Waals surface area contributed by atoms with E-state index in [2.05, 4.69) is 117 Å². The number of hydrogen-bond acceptors (Lipinski definition) is 3. The zero-order valence-corrected chi connectivity index (χ0v) is 30.2. The number of benzene rings is 5. The number of aryl methyl sites for hydroxylation is 3. The molecular weight excluding hydrogens is 767 g/mol. The van der Waals surface area contributed by atoms with Gasteiger partial charge in [-0.05, 0) is 66.8 Å². The smallest absolute Gasteiger partial charge is 0.120 e. The van der Waals surface area contributed by atoms with Crippen LogP contribution in [0.15, 0.2) is 120 Å². The summed E-state index contributed by atoms with van der Waals surface area (Å²) in [4.78, 5) is 9.51. The van der Waals surface area contributed by atoms with Gasteiger partial charge < -0.3 is 14.0 Å². The van der Waals surface area contributed by atoms with Crippen LogP contribution in [0.25, 0.3) is 61.3 Å². The number of para-hydroxylation sites is 4. The average Bonchev–Trinajstić information content (AvgIpc) is 3.68. The summed E-state index contributed by atoms with van der Waals surface area (Å²) >= 11 is 0. The number of aromatic nitrogens is 3. The largest absolute Gasteiger partial charge is 0.501 e. The molecule has 8 aromatic rings. The molecule has 0 aliphatic carbocycles. The van der Waals surface area contributed by atoms with Gasteiger partial charge in [-0.25, -0.2) is 0 Å². The molecule has 0 saturated heterocycles. The van der Waals surface area contributed by atoms with Crippen LogP contribution in [0.4, 0.5) is 0 Å². The van der Waals surface area contributed by atoms with Crippen molar-refractivity contribution in [3.63, 3.8) is 0 Å². The molecule has 8 rings (SSSR count). The SMILES string of the molecule is CCc1cccc(C(C)C)c1-n1c(-c2[c-]ccc3c2oc2ccccc23)nc2ccccc21.Cc1cnc(-c2[c-]cccc2)cc1C.[Ir]. The predicted molar refractivity (Wildman–Crippen MR) is 194 cm³/mol. The molecular formula is C43H37IrN3O-2. The first-order valence-electron chi connectivity index (χ1n) is 16.3. The van der Waals surface area contributed by atoms with Gasteiger partial charge in [-0.2, -0.15) is 0 Å². The van der Waals surface area contributed by atoms with Crippen LogP contribution in [0.5, 0.6) is 0 Å². The summed E-state index contributed by atoms with van der Waals surface area (Å²) in [6.07, 6.45) is 2.85. The summed E-state index contributed by atoms with van der Waals surface area (Å²) in [6.45, 7) is 10.9. The zero-order chi connectivity index (χ0) is 32.5. The minimum atomic E-state index is 0. The number of furan rings is 1. The molecule has 4 nitrogen and oxygen atoms in total. The van der Waals surface area contributed by atoms with Crippen molar-refractivity contribution in [2.75, 3.05) is 0 Å². The Morgan fingerprint density at radius 2 is 1.58 bits per heavy atom. The molecule has 0 spiro atoms. The van der Waals surface area contributed by atoms with Gasteiger partial charge in [0.25, 0.3) is 0 Å². The van der Waals surface area contributed by atoms with Gasteiger partial charge in [0.05, 0.1) is 22.4 Å². The predicted octanol–water partition coefficient (Wildman–Crippen LogP) is 11.2. The normalized spacial score (nSPS) is 11.1. The number of hydrogen-bond donors (Lipinski definition) is 0. The van der Waals surface area contributed by atoms with Crippen molar-refractivity contribution in [3.8, 4) is 28.3 Å².